The van der Waals surface area contributed by atoms with Gasteiger partial charge in [0.25, 0.3) is 5.56 Å². The predicted octanol–water partition coefficient (Wildman–Crippen LogP) is 4.30. The molecule has 0 atom stereocenters. The van der Waals surface area contributed by atoms with Crippen LogP contribution in [0.5, 0.6) is 5.75 Å². The van der Waals surface area contributed by atoms with Crippen molar-refractivity contribution in [2.45, 2.75) is 39.7 Å². The highest BCUT2D eigenvalue weighted by atomic mass is 16.5. The summed E-state index contributed by atoms with van der Waals surface area (Å²) in [5, 5.41) is 9.20. The first-order valence-electron chi connectivity index (χ1n) is 9.63. The average Bonchev–Trinajstić information content (AvgIpc) is 2.69. The summed E-state index contributed by atoms with van der Waals surface area (Å²) in [5.74, 6) is -0.319. The van der Waals surface area contributed by atoms with Crippen LogP contribution in [0.25, 0.3) is 17.8 Å². The van der Waals surface area contributed by atoms with Crippen LogP contribution in [-0.4, -0.2) is 26.6 Å². The molecule has 0 bridgehead atoms. The van der Waals surface area contributed by atoms with E-state index in [0.29, 0.717) is 23.3 Å². The highest BCUT2D eigenvalue weighted by molar-refractivity contribution is 5.87. The number of carboxylic acid groups (broad SMARTS) is 1. The third-order valence-electron chi connectivity index (χ3n) is 4.40. The number of rotatable bonds is 7. The maximum Gasteiger partial charge on any atom is 0.337 e. The molecule has 29 heavy (non-hydrogen) atoms. The molecule has 1 aromatic carbocycles. The minimum atomic E-state index is -1.08. The van der Waals surface area contributed by atoms with E-state index in [-0.39, 0.29) is 17.2 Å². The molecule has 3 rings (SSSR count). The Morgan fingerprint density at radius 3 is 2.66 bits per heavy atom. The molecule has 0 spiro atoms. The van der Waals surface area contributed by atoms with Gasteiger partial charge in [0, 0.05) is 17.3 Å². The Bertz CT molecular complexity index is 1130. The number of pyridine rings is 1. The van der Waals surface area contributed by atoms with Crippen LogP contribution in [0.3, 0.4) is 0 Å². The molecular formula is C23H24N2O4. The summed E-state index contributed by atoms with van der Waals surface area (Å²) < 4.78 is 7.16. The first-order chi connectivity index (χ1) is 13.9. The molecule has 0 fully saturated rings. The Hall–Kier alpha value is -3.41. The summed E-state index contributed by atoms with van der Waals surface area (Å²) in [4.78, 5) is 28.9. The van der Waals surface area contributed by atoms with Gasteiger partial charge < -0.3 is 9.84 Å². The van der Waals surface area contributed by atoms with Gasteiger partial charge in [-0.05, 0) is 50.6 Å². The molecule has 2 heterocycles. The molecular weight excluding hydrogens is 368 g/mol. The van der Waals surface area contributed by atoms with Crippen molar-refractivity contribution in [1.29, 1.82) is 0 Å². The van der Waals surface area contributed by atoms with Gasteiger partial charge in [-0.3, -0.25) is 9.20 Å². The van der Waals surface area contributed by atoms with Gasteiger partial charge in [-0.2, -0.15) is 0 Å². The number of carbonyl (C=O) groups is 1. The number of ether oxygens (including phenoxy) is 1. The van der Waals surface area contributed by atoms with Crippen molar-refractivity contribution >= 4 is 23.8 Å². The van der Waals surface area contributed by atoms with Crippen LogP contribution in [0.1, 0.15) is 54.4 Å². The van der Waals surface area contributed by atoms with E-state index in [1.165, 1.54) is 16.7 Å². The molecule has 0 aliphatic carbocycles. The zero-order chi connectivity index (χ0) is 21.0. The normalized spacial score (nSPS) is 11.4. The molecule has 6 heteroatoms. The lowest BCUT2D eigenvalue weighted by molar-refractivity contribution is 0.0696. The van der Waals surface area contributed by atoms with Gasteiger partial charge in [-0.25, -0.2) is 9.78 Å². The van der Waals surface area contributed by atoms with Crippen molar-refractivity contribution in [2.24, 2.45) is 0 Å². The maximum atomic E-state index is 13.0. The number of nitrogens with zero attached hydrogens (tertiary/aromatic N) is 2. The summed E-state index contributed by atoms with van der Waals surface area (Å²) in [6.45, 7) is 5.93. The number of aromatic carboxylic acids is 1. The number of aromatic nitrogens is 2. The summed E-state index contributed by atoms with van der Waals surface area (Å²) in [7, 11) is 0. The third-order valence-corrected chi connectivity index (χ3v) is 4.40. The lowest BCUT2D eigenvalue weighted by Gasteiger charge is -2.12. The number of hydrogen-bond donors (Lipinski definition) is 1. The standard InChI is InChI=1S/C23H24N2O4/c1-4-7-18-19(12-10-16-8-5-6-9-20(16)29-15(2)3)24-21-13-11-17(23(27)28)14-25(21)22(18)26/h5-6,8-15H,4,7H2,1-3H3,(H,27,28)/b12-10+. The van der Waals surface area contributed by atoms with Crippen molar-refractivity contribution in [2.75, 3.05) is 0 Å². The first kappa shape index (κ1) is 20.3. The third kappa shape index (κ3) is 4.54. The van der Waals surface area contributed by atoms with Crippen molar-refractivity contribution in [3.8, 4) is 5.75 Å². The topological polar surface area (TPSA) is 80.9 Å². The van der Waals surface area contributed by atoms with Gasteiger partial charge in [0.05, 0.1) is 17.4 Å². The quantitative estimate of drug-likeness (QED) is 0.648. The van der Waals surface area contributed by atoms with Crippen LogP contribution in [-0.2, 0) is 6.42 Å². The van der Waals surface area contributed by atoms with Crippen molar-refractivity contribution < 1.29 is 14.6 Å². The number of benzene rings is 1. The van der Waals surface area contributed by atoms with Gasteiger partial charge in [-0.15, -0.1) is 0 Å². The molecule has 0 saturated carbocycles. The molecule has 0 aliphatic heterocycles. The number of hydrogen-bond acceptors (Lipinski definition) is 4. The number of para-hydroxylation sites is 1. The molecule has 2 aromatic heterocycles. The minimum Gasteiger partial charge on any atom is -0.490 e. The second kappa shape index (κ2) is 8.73. The first-order valence-corrected chi connectivity index (χ1v) is 9.63. The molecule has 0 amide bonds. The maximum absolute atomic E-state index is 13.0. The highest BCUT2D eigenvalue weighted by Gasteiger charge is 2.13. The fraction of sp³-hybridized carbons (Fsp3) is 0.261. The van der Waals surface area contributed by atoms with Crippen LogP contribution in [0.2, 0.25) is 0 Å². The van der Waals surface area contributed by atoms with Gasteiger partial charge in [-0.1, -0.05) is 31.5 Å². The highest BCUT2D eigenvalue weighted by Crippen LogP contribution is 2.22. The molecule has 0 saturated heterocycles. The molecule has 6 nitrogen and oxygen atoms in total. The zero-order valence-corrected chi connectivity index (χ0v) is 16.8. The van der Waals surface area contributed by atoms with E-state index < -0.39 is 5.97 Å². The van der Waals surface area contributed by atoms with Crippen LogP contribution >= 0.6 is 0 Å². The number of fused-ring (bicyclic) bond motifs is 1. The van der Waals surface area contributed by atoms with Gasteiger partial charge in [0.1, 0.15) is 11.4 Å². The fourth-order valence-electron chi connectivity index (χ4n) is 3.09. The van der Waals surface area contributed by atoms with E-state index >= 15 is 0 Å². The lowest BCUT2D eigenvalue weighted by atomic mass is 10.1. The van der Waals surface area contributed by atoms with E-state index in [1.807, 2.05) is 57.2 Å². The van der Waals surface area contributed by atoms with Gasteiger partial charge in [0.2, 0.25) is 0 Å². The van der Waals surface area contributed by atoms with E-state index in [1.54, 1.807) is 6.07 Å². The summed E-state index contributed by atoms with van der Waals surface area (Å²) >= 11 is 0. The van der Waals surface area contributed by atoms with Crippen LogP contribution < -0.4 is 10.3 Å². The number of carboxylic acids is 1. The Labute approximate surface area is 169 Å². The van der Waals surface area contributed by atoms with Crippen LogP contribution in [0.4, 0.5) is 0 Å². The second-order valence-corrected chi connectivity index (χ2v) is 7.02. The Morgan fingerprint density at radius 1 is 1.21 bits per heavy atom. The van der Waals surface area contributed by atoms with Crippen molar-refractivity contribution in [3.63, 3.8) is 0 Å². The van der Waals surface area contributed by atoms with Crippen molar-refractivity contribution in [3.05, 3.63) is 75.3 Å². The summed E-state index contributed by atoms with van der Waals surface area (Å²) in [6.07, 6.45) is 6.41. The van der Waals surface area contributed by atoms with Crippen LogP contribution in [0.15, 0.2) is 47.4 Å². The largest absolute Gasteiger partial charge is 0.490 e. The van der Waals surface area contributed by atoms with Crippen LogP contribution in [0, 0.1) is 0 Å². The van der Waals surface area contributed by atoms with Crippen molar-refractivity contribution in [1.82, 2.24) is 9.38 Å². The SMILES string of the molecule is CCCc1c(/C=C/c2ccccc2OC(C)C)nc2ccc(C(=O)O)cn2c1=O. The smallest absolute Gasteiger partial charge is 0.337 e. The predicted molar refractivity (Wildman–Crippen MR) is 114 cm³/mol. The van der Waals surface area contributed by atoms with E-state index in [9.17, 15) is 14.7 Å². The molecule has 150 valence electrons. The summed E-state index contributed by atoms with van der Waals surface area (Å²) in [5.41, 5.74) is 2.25. The fourth-order valence-corrected chi connectivity index (χ4v) is 3.09. The molecule has 0 radical (unpaired) electrons. The lowest BCUT2D eigenvalue weighted by Crippen LogP contribution is -2.22. The van der Waals surface area contributed by atoms with E-state index in [0.717, 1.165) is 17.7 Å². The van der Waals surface area contributed by atoms with E-state index in [2.05, 4.69) is 4.98 Å². The van der Waals surface area contributed by atoms with Gasteiger partial charge in [0.15, 0.2) is 0 Å². The minimum absolute atomic E-state index is 0.0481. The molecule has 1 N–H and O–H groups in total. The van der Waals surface area contributed by atoms with E-state index in [4.69, 9.17) is 4.74 Å². The molecule has 0 unspecified atom stereocenters. The molecule has 3 aromatic rings. The summed E-state index contributed by atoms with van der Waals surface area (Å²) in [6, 6.07) is 10.7. The monoisotopic (exact) mass is 392 g/mol. The Balaban J connectivity index is 2.11. The Morgan fingerprint density at radius 2 is 1.97 bits per heavy atom. The van der Waals surface area contributed by atoms with Gasteiger partial charge >= 0.3 is 5.97 Å². The second-order valence-electron chi connectivity index (χ2n) is 7.02. The zero-order valence-electron chi connectivity index (χ0n) is 16.8. The molecule has 0 aliphatic rings. The Kier molecular flexibility index (Phi) is 6.12. The average molecular weight is 392 g/mol.